The van der Waals surface area contributed by atoms with Crippen molar-refractivity contribution in [1.29, 1.82) is 0 Å². The number of hydrogen-bond donors (Lipinski definition) is 1. The highest BCUT2D eigenvalue weighted by Gasteiger charge is 2.19. The number of hydrogen-bond acceptors (Lipinski definition) is 8. The third kappa shape index (κ3) is 9.66. The normalized spacial score (nSPS) is 17.7. The van der Waals surface area contributed by atoms with Crippen LogP contribution in [0.3, 0.4) is 0 Å². The molecule has 0 saturated carbocycles. The smallest absolute Gasteiger partial charge is 0.449 e. The Balaban J connectivity index is 1.49. The molecule has 1 aromatic carbocycles. The summed E-state index contributed by atoms with van der Waals surface area (Å²) >= 11 is 0. The molecule has 0 aliphatic heterocycles. The van der Waals surface area contributed by atoms with E-state index in [9.17, 15) is 19.7 Å². The van der Waals surface area contributed by atoms with Gasteiger partial charge in [0.1, 0.15) is 12.4 Å². The average Bonchev–Trinajstić information content (AvgIpc) is 2.75. The van der Waals surface area contributed by atoms with Crippen molar-refractivity contribution in [2.75, 3.05) is 33.0 Å². The van der Waals surface area contributed by atoms with Crippen molar-refractivity contribution >= 4 is 17.9 Å². The quantitative estimate of drug-likeness (QED) is 0.143. The first-order chi connectivity index (χ1) is 15.5. The predicted octanol–water partition coefficient (Wildman–Crippen LogP) is 3.68. The van der Waals surface area contributed by atoms with Crippen LogP contribution in [0, 0.1) is 33.8 Å². The molecular formula is C22H28N2O8. The number of non-ortho nitro benzene ring substituents is 1. The molecule has 0 heterocycles. The second kappa shape index (κ2) is 13.9. The second-order valence-electron chi connectivity index (χ2n) is 7.26. The number of amides is 1. The summed E-state index contributed by atoms with van der Waals surface area (Å²) in [5, 5.41) is 13.2. The summed E-state index contributed by atoms with van der Waals surface area (Å²) in [6, 6.07) is 5.03. The van der Waals surface area contributed by atoms with Gasteiger partial charge in [-0.2, -0.15) is 0 Å². The third-order valence-corrected chi connectivity index (χ3v) is 4.94. The Hall–Kier alpha value is -3.32. The van der Waals surface area contributed by atoms with Crippen LogP contribution >= 0.6 is 0 Å². The number of carbonyl (C=O) groups is 2. The van der Waals surface area contributed by atoms with Crippen LogP contribution in [-0.2, 0) is 14.2 Å². The summed E-state index contributed by atoms with van der Waals surface area (Å²) in [4.78, 5) is 33.4. The lowest BCUT2D eigenvalue weighted by atomic mass is 9.86. The van der Waals surface area contributed by atoms with Gasteiger partial charge in [-0.05, 0) is 36.8 Å². The Labute approximate surface area is 186 Å². The van der Waals surface area contributed by atoms with Crippen LogP contribution in [0.15, 0.2) is 24.3 Å². The Morgan fingerprint density at radius 1 is 1.09 bits per heavy atom. The van der Waals surface area contributed by atoms with Gasteiger partial charge in [0.2, 0.25) is 0 Å². The van der Waals surface area contributed by atoms with Gasteiger partial charge in [0.05, 0.1) is 24.7 Å². The number of benzene rings is 1. The topological polar surface area (TPSA) is 126 Å². The summed E-state index contributed by atoms with van der Waals surface area (Å²) in [5.74, 6) is 7.17. The van der Waals surface area contributed by atoms with Gasteiger partial charge in [0.15, 0.2) is 0 Å². The summed E-state index contributed by atoms with van der Waals surface area (Å²) < 4.78 is 20.3. The maximum Gasteiger partial charge on any atom is 0.513 e. The van der Waals surface area contributed by atoms with Gasteiger partial charge in [-0.3, -0.25) is 10.1 Å². The number of nitrogens with one attached hydrogen (secondary N) is 1. The average molecular weight is 448 g/mol. The molecular weight excluding hydrogens is 420 g/mol. The molecule has 0 fully saturated rings. The molecule has 1 N–H and O–H groups in total. The van der Waals surface area contributed by atoms with Gasteiger partial charge in [-0.1, -0.05) is 6.92 Å². The first-order valence-electron chi connectivity index (χ1n) is 10.5. The van der Waals surface area contributed by atoms with E-state index in [1.807, 2.05) is 0 Å². The molecule has 2 rings (SSSR count). The van der Waals surface area contributed by atoms with E-state index in [0.717, 1.165) is 25.7 Å². The van der Waals surface area contributed by atoms with Crippen molar-refractivity contribution in [3.63, 3.8) is 0 Å². The summed E-state index contributed by atoms with van der Waals surface area (Å²) in [5.41, 5.74) is -0.110. The van der Waals surface area contributed by atoms with Crippen LogP contribution in [0.5, 0.6) is 5.75 Å². The highest BCUT2D eigenvalue weighted by Crippen LogP contribution is 2.23. The number of ether oxygens (including phenoxy) is 4. The molecule has 0 bridgehead atoms. The lowest BCUT2D eigenvalue weighted by Crippen LogP contribution is -2.31. The minimum atomic E-state index is -0.946. The fourth-order valence-corrected chi connectivity index (χ4v) is 3.01. The Bertz CT molecular complexity index is 815. The van der Waals surface area contributed by atoms with E-state index in [0.29, 0.717) is 18.4 Å². The molecule has 0 radical (unpaired) electrons. The number of carbonyl (C=O) groups excluding carboxylic acids is 2. The van der Waals surface area contributed by atoms with E-state index in [1.165, 1.54) is 24.3 Å². The Morgan fingerprint density at radius 2 is 1.81 bits per heavy atom. The third-order valence-electron chi connectivity index (χ3n) is 4.94. The number of nitro benzene ring substituents is 1. The molecule has 2 atom stereocenters. The number of nitro groups is 1. The largest absolute Gasteiger partial charge is 0.513 e. The number of rotatable bonds is 10. The van der Waals surface area contributed by atoms with Crippen LogP contribution in [0.25, 0.3) is 0 Å². The monoisotopic (exact) mass is 448 g/mol. The number of alkyl carbamates (subject to hydrolysis) is 1. The van der Waals surface area contributed by atoms with E-state index in [2.05, 4.69) is 24.1 Å². The molecule has 0 aromatic heterocycles. The zero-order valence-electron chi connectivity index (χ0n) is 18.0. The molecule has 10 heteroatoms. The molecule has 0 spiro atoms. The van der Waals surface area contributed by atoms with E-state index < -0.39 is 17.2 Å². The molecule has 1 aliphatic rings. The molecule has 1 aromatic rings. The minimum absolute atomic E-state index is 0.0429. The van der Waals surface area contributed by atoms with Crippen molar-refractivity contribution in [1.82, 2.24) is 5.32 Å². The second-order valence-corrected chi connectivity index (χ2v) is 7.26. The molecule has 10 nitrogen and oxygen atoms in total. The Morgan fingerprint density at radius 3 is 2.53 bits per heavy atom. The fraction of sp³-hybridized carbons (Fsp3) is 0.545. The fourth-order valence-electron chi connectivity index (χ4n) is 3.01. The zero-order valence-corrected chi connectivity index (χ0v) is 18.0. The van der Waals surface area contributed by atoms with Gasteiger partial charge < -0.3 is 24.3 Å². The van der Waals surface area contributed by atoms with Gasteiger partial charge in [0, 0.05) is 31.5 Å². The van der Waals surface area contributed by atoms with Crippen molar-refractivity contribution < 1.29 is 33.5 Å². The van der Waals surface area contributed by atoms with Crippen LogP contribution in [-0.4, -0.2) is 50.1 Å². The first-order valence-corrected chi connectivity index (χ1v) is 10.5. The summed E-state index contributed by atoms with van der Waals surface area (Å²) in [6.45, 7) is 3.10. The van der Waals surface area contributed by atoms with Gasteiger partial charge >= 0.3 is 12.2 Å². The van der Waals surface area contributed by atoms with Crippen molar-refractivity contribution in [3.05, 3.63) is 34.4 Å². The Kier molecular flexibility index (Phi) is 10.8. The standard InChI is InChI=1S/C22H28N2O8/c1-17-6-4-2-3-5-7-18(17)16-31-21(25)23-12-13-29-14-15-30-22(26)32-20-10-8-19(9-11-20)24(27)28/h8-11,17-18H,4-7,12-16H2,1H3,(H,23,25). The molecule has 174 valence electrons. The van der Waals surface area contributed by atoms with Crippen LogP contribution in [0.1, 0.15) is 32.6 Å². The maximum absolute atomic E-state index is 11.8. The first kappa shape index (κ1) is 24.9. The van der Waals surface area contributed by atoms with E-state index in [1.54, 1.807) is 0 Å². The lowest BCUT2D eigenvalue weighted by Gasteiger charge is -2.23. The van der Waals surface area contributed by atoms with Crippen LogP contribution in [0.4, 0.5) is 15.3 Å². The molecule has 1 aliphatic carbocycles. The maximum atomic E-state index is 11.8. The van der Waals surface area contributed by atoms with E-state index >= 15 is 0 Å². The van der Waals surface area contributed by atoms with Crippen LogP contribution in [0.2, 0.25) is 0 Å². The lowest BCUT2D eigenvalue weighted by molar-refractivity contribution is -0.384. The highest BCUT2D eigenvalue weighted by atomic mass is 16.7. The van der Waals surface area contributed by atoms with Crippen molar-refractivity contribution in [3.8, 4) is 17.6 Å². The summed E-state index contributed by atoms with van der Waals surface area (Å²) in [6.07, 6.45) is 2.23. The molecule has 0 saturated heterocycles. The zero-order chi connectivity index (χ0) is 23.2. The van der Waals surface area contributed by atoms with Crippen LogP contribution < -0.4 is 10.1 Å². The van der Waals surface area contributed by atoms with Crippen molar-refractivity contribution in [2.24, 2.45) is 11.8 Å². The van der Waals surface area contributed by atoms with Gasteiger partial charge in [-0.15, -0.1) is 11.8 Å². The SMILES string of the molecule is CC1CCC#CCCC1COC(=O)NCCOCCOC(=O)Oc1ccc([N+](=O)[O-])cc1. The summed E-state index contributed by atoms with van der Waals surface area (Å²) in [7, 11) is 0. The molecule has 2 unspecified atom stereocenters. The van der Waals surface area contributed by atoms with Gasteiger partial charge in [0.25, 0.3) is 5.69 Å². The van der Waals surface area contributed by atoms with Crippen molar-refractivity contribution in [2.45, 2.75) is 32.6 Å². The number of nitrogens with zero attached hydrogens (tertiary/aromatic N) is 1. The minimum Gasteiger partial charge on any atom is -0.449 e. The van der Waals surface area contributed by atoms with E-state index in [4.69, 9.17) is 18.9 Å². The molecule has 1 amide bonds. The highest BCUT2D eigenvalue weighted by molar-refractivity contribution is 5.67. The molecule has 32 heavy (non-hydrogen) atoms. The van der Waals surface area contributed by atoms with E-state index in [-0.39, 0.29) is 37.8 Å². The predicted molar refractivity (Wildman–Crippen MR) is 114 cm³/mol. The van der Waals surface area contributed by atoms with Gasteiger partial charge in [-0.25, -0.2) is 9.59 Å².